The van der Waals surface area contributed by atoms with Crippen LogP contribution in [0.5, 0.6) is 0 Å². The highest BCUT2D eigenvalue weighted by Gasteiger charge is 2.54. The van der Waals surface area contributed by atoms with Crippen LogP contribution in [-0.2, 0) is 9.47 Å². The lowest BCUT2D eigenvalue weighted by atomic mass is 10.1. The maximum Gasteiger partial charge on any atom is 0.163 e. The maximum absolute atomic E-state index is 8.73. The molecule has 5 rings (SSSR count). The minimum Gasteiger partial charge on any atom is -0.367 e. The molecule has 3 fully saturated rings. The van der Waals surface area contributed by atoms with Crippen molar-refractivity contribution in [2.75, 3.05) is 11.9 Å². The zero-order valence-electron chi connectivity index (χ0n) is 15.4. The molecule has 2 saturated carbocycles. The van der Waals surface area contributed by atoms with E-state index in [0.717, 1.165) is 23.3 Å². The molecular weight excluding hydrogens is 346 g/mol. The molecule has 142 valence electrons. The number of aromatic nitrogens is 3. The summed E-state index contributed by atoms with van der Waals surface area (Å²) in [6.45, 7) is 4.28. The summed E-state index contributed by atoms with van der Waals surface area (Å²) in [6.07, 6.45) is 6.71. The van der Waals surface area contributed by atoms with Gasteiger partial charge in [-0.3, -0.25) is 0 Å². The van der Waals surface area contributed by atoms with Crippen LogP contribution in [0.3, 0.4) is 0 Å². The molecule has 1 unspecified atom stereocenters. The van der Waals surface area contributed by atoms with Crippen molar-refractivity contribution in [1.82, 2.24) is 14.5 Å². The van der Waals surface area contributed by atoms with E-state index in [0.29, 0.717) is 12.6 Å². The highest BCUT2D eigenvalue weighted by atomic mass is 16.8. The second-order valence-electron chi connectivity index (χ2n) is 8.14. The molecule has 1 aliphatic heterocycles. The Morgan fingerprint density at radius 2 is 2.15 bits per heavy atom. The highest BCUT2D eigenvalue weighted by molar-refractivity contribution is 5.87. The Bertz CT molecular complexity index is 916. The first-order valence-electron chi connectivity index (χ1n) is 9.50. The molecule has 3 heterocycles. The Kier molecular flexibility index (Phi) is 3.79. The van der Waals surface area contributed by atoms with Crippen molar-refractivity contribution in [3.05, 3.63) is 29.0 Å². The molecule has 2 aliphatic carbocycles. The van der Waals surface area contributed by atoms with Crippen molar-refractivity contribution in [2.45, 2.75) is 63.2 Å². The topological polar surface area (TPSA) is 110 Å². The summed E-state index contributed by atoms with van der Waals surface area (Å²) in [5.74, 6) is 0.380. The van der Waals surface area contributed by atoms with Crippen molar-refractivity contribution < 1.29 is 9.47 Å². The number of nitrogens with one attached hydrogen (secondary N) is 1. The zero-order chi connectivity index (χ0) is 18.6. The van der Waals surface area contributed by atoms with E-state index in [1.54, 1.807) is 6.33 Å². The molecule has 0 spiro atoms. The van der Waals surface area contributed by atoms with E-state index in [-0.39, 0.29) is 24.2 Å². The van der Waals surface area contributed by atoms with Crippen LogP contribution in [0.15, 0.2) is 23.7 Å². The molecule has 9 nitrogen and oxygen atoms in total. The van der Waals surface area contributed by atoms with E-state index in [2.05, 4.69) is 42.1 Å². The smallest absolute Gasteiger partial charge is 0.163 e. The van der Waals surface area contributed by atoms with E-state index >= 15 is 0 Å². The molecule has 2 aromatic rings. The van der Waals surface area contributed by atoms with Gasteiger partial charge < -0.3 is 19.4 Å². The Morgan fingerprint density at radius 3 is 2.93 bits per heavy atom. The number of fused-ring (bicyclic) bond motifs is 2. The summed E-state index contributed by atoms with van der Waals surface area (Å²) in [6, 6.07) is 2.68. The first-order valence-corrected chi connectivity index (χ1v) is 9.50. The summed E-state index contributed by atoms with van der Waals surface area (Å²) in [5, 5.41) is 8.30. The van der Waals surface area contributed by atoms with Gasteiger partial charge in [-0.05, 0) is 50.6 Å². The fourth-order valence-electron chi connectivity index (χ4n) is 4.42. The molecule has 2 aromatic heterocycles. The lowest BCUT2D eigenvalue weighted by Crippen LogP contribution is -2.27. The first-order chi connectivity index (χ1) is 13.1. The van der Waals surface area contributed by atoms with Crippen LogP contribution in [0.2, 0.25) is 0 Å². The van der Waals surface area contributed by atoms with E-state index < -0.39 is 5.79 Å². The number of hydrogen-bond acceptors (Lipinski definition) is 6. The number of nitrogens with zero attached hydrogens (tertiary/aromatic N) is 6. The van der Waals surface area contributed by atoms with E-state index in [4.69, 9.17) is 15.0 Å². The van der Waals surface area contributed by atoms with Gasteiger partial charge in [-0.1, -0.05) is 5.11 Å². The standard InChI is InChI=1S/C18H23N7O2/c1-18(2)26-14-10(8-22-24-19)7-13(15(14)27-18)25-6-5-12-16(23-11-3-4-11)20-9-21-17(12)25/h5-6,9-11,13-15H,3-4,7-8H2,1-2H3,(H,20,21,23)/t10-,13?,14-,15+/m1/s1. The number of rotatable bonds is 5. The van der Waals surface area contributed by atoms with Crippen molar-refractivity contribution in [3.63, 3.8) is 0 Å². The average Bonchev–Trinajstić information content (AvgIpc) is 3.12. The van der Waals surface area contributed by atoms with Crippen LogP contribution in [-0.4, -0.2) is 45.1 Å². The third-order valence-electron chi connectivity index (χ3n) is 5.72. The SMILES string of the molecule is CC1(C)O[C@@H]2[C@@H](CN=[N+]=[N-])CC(n3ccc4c(NC5CC5)ncnc43)[C@@H]2O1. The molecule has 4 atom stereocenters. The van der Waals surface area contributed by atoms with Crippen LogP contribution in [0.25, 0.3) is 21.5 Å². The normalized spacial score (nSPS) is 31.6. The fraction of sp³-hybridized carbons (Fsp3) is 0.667. The molecule has 0 radical (unpaired) electrons. The van der Waals surface area contributed by atoms with Gasteiger partial charge in [0, 0.05) is 23.7 Å². The van der Waals surface area contributed by atoms with Crippen molar-refractivity contribution in [3.8, 4) is 0 Å². The second kappa shape index (κ2) is 6.09. The van der Waals surface area contributed by atoms with Gasteiger partial charge in [0.25, 0.3) is 0 Å². The van der Waals surface area contributed by atoms with E-state index in [1.165, 1.54) is 12.8 Å². The highest BCUT2D eigenvalue weighted by Crippen LogP contribution is 2.48. The molecule has 9 heteroatoms. The Labute approximate surface area is 156 Å². The molecule has 0 amide bonds. The van der Waals surface area contributed by atoms with Gasteiger partial charge in [0.1, 0.15) is 23.9 Å². The van der Waals surface area contributed by atoms with Crippen molar-refractivity contribution >= 4 is 16.9 Å². The number of hydrogen-bond donors (Lipinski definition) is 1. The van der Waals surface area contributed by atoms with Gasteiger partial charge in [0.15, 0.2) is 5.79 Å². The molecule has 0 bridgehead atoms. The van der Waals surface area contributed by atoms with Gasteiger partial charge in [0.05, 0.1) is 17.5 Å². The monoisotopic (exact) mass is 369 g/mol. The number of ether oxygens (including phenoxy) is 2. The van der Waals surface area contributed by atoms with Gasteiger partial charge in [0.2, 0.25) is 0 Å². The zero-order valence-corrected chi connectivity index (χ0v) is 15.4. The van der Waals surface area contributed by atoms with Crippen molar-refractivity contribution in [1.29, 1.82) is 0 Å². The third-order valence-corrected chi connectivity index (χ3v) is 5.72. The predicted octanol–water partition coefficient (Wildman–Crippen LogP) is 3.40. The Hall–Kier alpha value is -2.35. The summed E-state index contributed by atoms with van der Waals surface area (Å²) in [7, 11) is 0. The van der Waals surface area contributed by atoms with Crippen LogP contribution in [0.4, 0.5) is 5.82 Å². The minimum atomic E-state index is -0.640. The van der Waals surface area contributed by atoms with E-state index in [1.807, 2.05) is 13.8 Å². The quantitative estimate of drug-likeness (QED) is 0.493. The Balaban J connectivity index is 1.50. The molecule has 27 heavy (non-hydrogen) atoms. The summed E-state index contributed by atoms with van der Waals surface area (Å²) < 4.78 is 14.6. The maximum atomic E-state index is 8.73. The first kappa shape index (κ1) is 16.8. The summed E-state index contributed by atoms with van der Waals surface area (Å²) in [4.78, 5) is 11.9. The minimum absolute atomic E-state index is 0.0804. The van der Waals surface area contributed by atoms with Crippen LogP contribution < -0.4 is 5.32 Å². The largest absolute Gasteiger partial charge is 0.367 e. The molecular formula is C18H23N7O2. The predicted molar refractivity (Wildman–Crippen MR) is 99.2 cm³/mol. The van der Waals surface area contributed by atoms with Crippen molar-refractivity contribution in [2.24, 2.45) is 11.0 Å². The lowest BCUT2D eigenvalue weighted by Gasteiger charge is -2.24. The van der Waals surface area contributed by atoms with Crippen LogP contribution in [0, 0.1) is 5.92 Å². The molecule has 1 N–H and O–H groups in total. The summed E-state index contributed by atoms with van der Waals surface area (Å²) in [5.41, 5.74) is 9.62. The lowest BCUT2D eigenvalue weighted by molar-refractivity contribution is -0.159. The van der Waals surface area contributed by atoms with E-state index in [9.17, 15) is 0 Å². The number of azide groups is 1. The second-order valence-corrected chi connectivity index (χ2v) is 8.14. The molecule has 0 aromatic carbocycles. The molecule has 1 saturated heterocycles. The average molecular weight is 369 g/mol. The van der Waals surface area contributed by atoms with Gasteiger partial charge >= 0.3 is 0 Å². The van der Waals surface area contributed by atoms with Gasteiger partial charge in [-0.2, -0.15) is 0 Å². The fourth-order valence-corrected chi connectivity index (χ4v) is 4.42. The van der Waals surface area contributed by atoms with Crippen LogP contribution in [0.1, 0.15) is 39.2 Å². The third kappa shape index (κ3) is 2.92. The summed E-state index contributed by atoms with van der Waals surface area (Å²) >= 11 is 0. The van der Waals surface area contributed by atoms with Gasteiger partial charge in [-0.15, -0.1) is 0 Å². The Morgan fingerprint density at radius 1 is 1.33 bits per heavy atom. The van der Waals surface area contributed by atoms with Crippen LogP contribution >= 0.6 is 0 Å². The number of anilines is 1. The van der Waals surface area contributed by atoms with Gasteiger partial charge in [-0.25, -0.2) is 9.97 Å². The molecule has 3 aliphatic rings.